The summed E-state index contributed by atoms with van der Waals surface area (Å²) in [5.74, 6) is -3.41. The fourth-order valence-electron chi connectivity index (χ4n) is 7.48. The molecule has 306 valence electrons. The number of imidazole rings is 1. The molecule has 57 heavy (non-hydrogen) atoms. The molecule has 1 aromatic heterocycles. The largest absolute Gasteiger partial charge is 0.508 e. The van der Waals surface area contributed by atoms with Crippen LogP contribution in [-0.2, 0) is 35.1 Å². The van der Waals surface area contributed by atoms with Gasteiger partial charge in [-0.05, 0) is 74.1 Å². The number of halogens is 3. The molecular formula is C40H47F3N6O8. The summed E-state index contributed by atoms with van der Waals surface area (Å²) >= 11 is 0. The SMILES string of the molecule is Cc1cc(O)cc(Cn2cc(-c3cc(F)ccc3F)nc2[C@@H](C2CCOCC2)N(C[C@@H]2CNC[C@@H]2F)C(=O)[C@H](C)OC(=O)NCCOCCN2C(=O)C=CC2=O)c1. The molecule has 0 aliphatic carbocycles. The standard InChI is InChI=1S/C40H47F3N6O8/c1-24-15-26(17-30(50)16-24)21-47-23-34(31-18-29(41)3-4-32(31)42)46-38(47)37(27-7-11-55-12-8-27)49(22-28-19-44-20-33(28)43)39(53)25(2)57-40(54)45-9-13-56-14-10-48-35(51)5-6-36(48)52/h3-6,15-18,23,25,27-28,33,37,44,50H,7-14,19-22H2,1-2H3,(H,45,54)/t25-,28-,33-,37+/m0/s1. The van der Waals surface area contributed by atoms with Crippen molar-refractivity contribution in [3.63, 3.8) is 0 Å². The number of alkyl halides is 1. The fourth-order valence-corrected chi connectivity index (χ4v) is 7.48. The number of carbonyl (C=O) groups is 4. The van der Waals surface area contributed by atoms with Crippen molar-refractivity contribution >= 4 is 23.8 Å². The van der Waals surface area contributed by atoms with Gasteiger partial charge >= 0.3 is 6.09 Å². The van der Waals surface area contributed by atoms with Gasteiger partial charge in [0.2, 0.25) is 0 Å². The van der Waals surface area contributed by atoms with Gasteiger partial charge in [0.15, 0.2) is 6.10 Å². The zero-order valence-corrected chi connectivity index (χ0v) is 31.8. The van der Waals surface area contributed by atoms with Crippen LogP contribution in [0.15, 0.2) is 54.7 Å². The Morgan fingerprint density at radius 3 is 2.54 bits per heavy atom. The van der Waals surface area contributed by atoms with Gasteiger partial charge < -0.3 is 39.4 Å². The molecule has 0 spiro atoms. The van der Waals surface area contributed by atoms with Crippen LogP contribution >= 0.6 is 0 Å². The summed E-state index contributed by atoms with van der Waals surface area (Å²) in [7, 11) is 0. The van der Waals surface area contributed by atoms with Gasteiger partial charge in [0.1, 0.15) is 29.4 Å². The van der Waals surface area contributed by atoms with E-state index >= 15 is 8.78 Å². The van der Waals surface area contributed by atoms with Crippen molar-refractivity contribution in [1.29, 1.82) is 0 Å². The Morgan fingerprint density at radius 2 is 1.84 bits per heavy atom. The zero-order valence-electron chi connectivity index (χ0n) is 31.8. The number of rotatable bonds is 16. The smallest absolute Gasteiger partial charge is 0.407 e. The van der Waals surface area contributed by atoms with Crippen LogP contribution in [0.2, 0.25) is 0 Å². The second-order valence-electron chi connectivity index (χ2n) is 14.5. The van der Waals surface area contributed by atoms with E-state index in [0.29, 0.717) is 37.4 Å². The molecule has 0 bridgehead atoms. The molecule has 0 unspecified atom stereocenters. The lowest BCUT2D eigenvalue weighted by molar-refractivity contribution is -0.146. The van der Waals surface area contributed by atoms with Gasteiger partial charge in [-0.25, -0.2) is 22.9 Å². The molecule has 17 heteroatoms. The fraction of sp³-hybridized carbons (Fsp3) is 0.475. The van der Waals surface area contributed by atoms with Crippen molar-refractivity contribution in [2.45, 2.75) is 51.6 Å². The van der Waals surface area contributed by atoms with Crippen LogP contribution in [0.4, 0.5) is 18.0 Å². The van der Waals surface area contributed by atoms with E-state index in [1.54, 1.807) is 22.9 Å². The summed E-state index contributed by atoms with van der Waals surface area (Å²) in [6.07, 6.45) is 1.36. The number of nitrogens with zero attached hydrogens (tertiary/aromatic N) is 4. The molecule has 0 radical (unpaired) electrons. The maximum atomic E-state index is 15.3. The molecule has 0 saturated carbocycles. The molecule has 3 aromatic rings. The summed E-state index contributed by atoms with van der Waals surface area (Å²) < 4.78 is 63.6. The van der Waals surface area contributed by atoms with Crippen molar-refractivity contribution < 1.29 is 51.7 Å². The summed E-state index contributed by atoms with van der Waals surface area (Å²) in [5, 5.41) is 16.0. The molecule has 3 aliphatic heterocycles. The monoisotopic (exact) mass is 796 g/mol. The highest BCUT2D eigenvalue weighted by Crippen LogP contribution is 2.38. The Bertz CT molecular complexity index is 1930. The van der Waals surface area contributed by atoms with Crippen molar-refractivity contribution in [1.82, 2.24) is 30.0 Å². The first-order valence-corrected chi connectivity index (χ1v) is 19.0. The number of aryl methyl sites for hydroxylation is 1. The van der Waals surface area contributed by atoms with Crippen LogP contribution in [0, 0.1) is 30.4 Å². The van der Waals surface area contributed by atoms with Gasteiger partial charge in [0.25, 0.3) is 17.7 Å². The van der Waals surface area contributed by atoms with Gasteiger partial charge in [-0.2, -0.15) is 0 Å². The average Bonchev–Trinajstić information content (AvgIpc) is 3.87. The van der Waals surface area contributed by atoms with Crippen molar-refractivity contribution in [2.24, 2.45) is 11.8 Å². The topological polar surface area (TPSA) is 165 Å². The van der Waals surface area contributed by atoms with E-state index in [4.69, 9.17) is 19.2 Å². The third-order valence-electron chi connectivity index (χ3n) is 10.3. The molecule has 2 fully saturated rings. The minimum absolute atomic E-state index is 0.00303. The normalized spacial score (nSPS) is 19.6. The zero-order chi connectivity index (χ0) is 40.6. The number of hydrogen-bond donors (Lipinski definition) is 3. The Balaban J connectivity index is 1.28. The first-order chi connectivity index (χ1) is 27.4. The molecule has 6 rings (SSSR count). The van der Waals surface area contributed by atoms with Gasteiger partial charge in [-0.1, -0.05) is 6.07 Å². The third-order valence-corrected chi connectivity index (χ3v) is 10.3. The summed E-state index contributed by atoms with van der Waals surface area (Å²) in [6.45, 7) is 4.55. The molecule has 3 N–H and O–H groups in total. The Kier molecular flexibility index (Phi) is 13.6. The average molecular weight is 797 g/mol. The molecule has 4 amide bonds. The van der Waals surface area contributed by atoms with Crippen LogP contribution in [0.5, 0.6) is 5.75 Å². The molecule has 14 nitrogen and oxygen atoms in total. The van der Waals surface area contributed by atoms with E-state index in [9.17, 15) is 28.7 Å². The van der Waals surface area contributed by atoms with Crippen LogP contribution in [0.25, 0.3) is 11.3 Å². The lowest BCUT2D eigenvalue weighted by Gasteiger charge is -2.40. The number of ether oxygens (including phenoxy) is 3. The molecule has 4 atom stereocenters. The summed E-state index contributed by atoms with van der Waals surface area (Å²) in [5.41, 5.74) is 1.47. The van der Waals surface area contributed by atoms with E-state index in [1.165, 1.54) is 24.0 Å². The number of benzene rings is 2. The van der Waals surface area contributed by atoms with Crippen LogP contribution in [-0.4, -0.2) is 120 Å². The minimum atomic E-state index is -1.35. The van der Waals surface area contributed by atoms with Crippen molar-refractivity contribution in [3.8, 4) is 17.0 Å². The first kappa shape index (κ1) is 41.4. The molecule has 2 aromatic carbocycles. The molecule has 3 aliphatic rings. The highest BCUT2D eigenvalue weighted by Gasteiger charge is 2.42. The van der Waals surface area contributed by atoms with E-state index in [-0.39, 0.29) is 75.4 Å². The lowest BCUT2D eigenvalue weighted by Crippen LogP contribution is -2.49. The van der Waals surface area contributed by atoms with Crippen LogP contribution < -0.4 is 10.6 Å². The number of nitrogens with one attached hydrogen (secondary N) is 2. The van der Waals surface area contributed by atoms with Gasteiger partial charge in [-0.3, -0.25) is 19.3 Å². The second kappa shape index (κ2) is 18.8. The Morgan fingerprint density at radius 1 is 1.09 bits per heavy atom. The van der Waals surface area contributed by atoms with Crippen molar-refractivity contribution in [2.75, 3.05) is 59.2 Å². The molecule has 2 saturated heterocycles. The summed E-state index contributed by atoms with van der Waals surface area (Å²) in [6, 6.07) is 7.25. The number of phenolic OH excluding ortho intramolecular Hbond substituents is 1. The number of imide groups is 1. The maximum absolute atomic E-state index is 15.3. The number of hydrogen-bond acceptors (Lipinski definition) is 10. The highest BCUT2D eigenvalue weighted by atomic mass is 19.1. The Labute approximate surface area is 327 Å². The van der Waals surface area contributed by atoms with Crippen molar-refractivity contribution in [3.05, 3.63) is 83.3 Å². The van der Waals surface area contributed by atoms with E-state index in [2.05, 4.69) is 10.6 Å². The number of alkyl carbamates (subject to hydrolysis) is 1. The van der Waals surface area contributed by atoms with Crippen LogP contribution in [0.3, 0.4) is 0 Å². The summed E-state index contributed by atoms with van der Waals surface area (Å²) in [4.78, 5) is 58.4. The second-order valence-corrected chi connectivity index (χ2v) is 14.5. The molecule has 4 heterocycles. The lowest BCUT2D eigenvalue weighted by atomic mass is 9.88. The predicted octanol–water partition coefficient (Wildman–Crippen LogP) is 3.80. The maximum Gasteiger partial charge on any atom is 0.407 e. The number of amides is 4. The number of aromatic hydroxyl groups is 1. The van der Waals surface area contributed by atoms with E-state index < -0.39 is 59.7 Å². The number of aromatic nitrogens is 2. The van der Waals surface area contributed by atoms with Gasteiger partial charge in [0, 0.05) is 75.8 Å². The van der Waals surface area contributed by atoms with Crippen LogP contribution in [0.1, 0.15) is 42.8 Å². The first-order valence-electron chi connectivity index (χ1n) is 19.0. The minimum Gasteiger partial charge on any atom is -0.508 e. The van der Waals surface area contributed by atoms with Gasteiger partial charge in [-0.15, -0.1) is 0 Å². The van der Waals surface area contributed by atoms with Gasteiger partial charge in [0.05, 0.1) is 31.5 Å². The van der Waals surface area contributed by atoms with E-state index in [1.807, 2.05) is 13.0 Å². The molecular weight excluding hydrogens is 749 g/mol. The third kappa shape index (κ3) is 10.4. The Hall–Kier alpha value is -5.26. The highest BCUT2D eigenvalue weighted by molar-refractivity contribution is 6.12. The van der Waals surface area contributed by atoms with E-state index in [0.717, 1.165) is 28.7 Å². The predicted molar refractivity (Wildman–Crippen MR) is 199 cm³/mol. The number of phenols is 1. The number of carbonyl (C=O) groups excluding carboxylic acids is 4. The quantitative estimate of drug-likeness (QED) is 0.144.